The van der Waals surface area contributed by atoms with Crippen molar-refractivity contribution in [3.05, 3.63) is 71.1 Å². The Balaban J connectivity index is 1.33. The number of benzene rings is 2. The van der Waals surface area contributed by atoms with Crippen molar-refractivity contribution < 1.29 is 18.9 Å². The van der Waals surface area contributed by atoms with E-state index in [0.29, 0.717) is 56.6 Å². The summed E-state index contributed by atoms with van der Waals surface area (Å²) < 4.78 is -1.20. The smallest absolute Gasteiger partial charge is 0.283 e. The van der Waals surface area contributed by atoms with Gasteiger partial charge in [0.2, 0.25) is 0 Å². The van der Waals surface area contributed by atoms with Gasteiger partial charge in [0.05, 0.1) is 26.2 Å². The number of rotatable bonds is 8. The Morgan fingerprint density at radius 1 is 0.727 bits per heavy atom. The highest BCUT2D eigenvalue weighted by Crippen LogP contribution is 2.30. The molecule has 0 bridgehead atoms. The molecule has 0 radical (unpaired) electrons. The van der Waals surface area contributed by atoms with Crippen molar-refractivity contribution in [3.8, 4) is 0 Å². The quantitative estimate of drug-likeness (QED) is 0.472. The Morgan fingerprint density at radius 2 is 1.12 bits per heavy atom. The fourth-order valence-electron chi connectivity index (χ4n) is 5.21. The Kier molecular flexibility index (Phi) is 7.09. The van der Waals surface area contributed by atoms with Gasteiger partial charge in [-0.25, -0.2) is 0 Å². The van der Waals surface area contributed by atoms with E-state index in [1.165, 1.54) is 0 Å². The summed E-state index contributed by atoms with van der Waals surface area (Å²) in [4.78, 5) is 25.6. The van der Waals surface area contributed by atoms with Crippen molar-refractivity contribution in [1.29, 1.82) is 0 Å². The number of amides is 2. The first-order valence-electron chi connectivity index (χ1n) is 11.8. The Bertz CT molecular complexity index is 880. The van der Waals surface area contributed by atoms with Crippen molar-refractivity contribution in [2.75, 3.05) is 36.8 Å². The highest BCUT2D eigenvalue weighted by molar-refractivity contribution is 5.94. The van der Waals surface area contributed by atoms with Gasteiger partial charge in [-0.1, -0.05) is 36.4 Å². The third-order valence-corrected chi connectivity index (χ3v) is 6.93. The number of para-hydroxylation sites is 2. The summed E-state index contributed by atoms with van der Waals surface area (Å²) in [6.07, 6.45) is 2.85. The van der Waals surface area contributed by atoms with Crippen LogP contribution < -0.4 is 10.6 Å². The zero-order chi connectivity index (χ0) is 23.3. The second kappa shape index (κ2) is 10.0. The summed E-state index contributed by atoms with van der Waals surface area (Å²) in [6, 6.07) is 16.9. The van der Waals surface area contributed by atoms with Crippen LogP contribution in [0.2, 0.25) is 0 Å². The number of quaternary nitrogens is 2. The van der Waals surface area contributed by atoms with E-state index in [0.717, 1.165) is 0 Å². The van der Waals surface area contributed by atoms with Crippen LogP contribution in [0.15, 0.2) is 60.7 Å². The SMILES string of the molecule is O=C(Nc1ccccc1)[C@@H]1CCC[N@@+]1([O-])CCC[N@+]1([O-])CCC[C@H]1C(=O)Nc1ccccc1. The number of hydrogen-bond donors (Lipinski definition) is 2. The van der Waals surface area contributed by atoms with Crippen molar-refractivity contribution in [1.82, 2.24) is 0 Å². The molecule has 33 heavy (non-hydrogen) atoms. The van der Waals surface area contributed by atoms with E-state index in [9.17, 15) is 20.0 Å². The average Bonchev–Trinajstić information content (AvgIpc) is 3.38. The molecule has 2 fully saturated rings. The first-order valence-corrected chi connectivity index (χ1v) is 11.8. The minimum atomic E-state index is -0.666. The van der Waals surface area contributed by atoms with Gasteiger partial charge in [-0.05, 0) is 24.3 Å². The number of anilines is 2. The molecule has 2 aromatic carbocycles. The lowest BCUT2D eigenvalue weighted by atomic mass is 10.1. The van der Waals surface area contributed by atoms with Gasteiger partial charge in [0.1, 0.15) is 0 Å². The molecule has 176 valence electrons. The summed E-state index contributed by atoms with van der Waals surface area (Å²) in [5.41, 5.74) is 1.35. The van der Waals surface area contributed by atoms with Crippen molar-refractivity contribution in [2.45, 2.75) is 44.2 Å². The predicted molar refractivity (Wildman–Crippen MR) is 128 cm³/mol. The zero-order valence-electron chi connectivity index (χ0n) is 18.8. The number of carbonyl (C=O) groups is 2. The Hall–Kier alpha value is -2.78. The van der Waals surface area contributed by atoms with E-state index >= 15 is 0 Å². The number of carbonyl (C=O) groups excluding carboxylic acids is 2. The van der Waals surface area contributed by atoms with Gasteiger partial charge in [0.25, 0.3) is 11.8 Å². The van der Waals surface area contributed by atoms with Crippen LogP contribution in [0, 0.1) is 10.4 Å². The number of nitrogens with one attached hydrogen (secondary N) is 2. The van der Waals surface area contributed by atoms with E-state index in [2.05, 4.69) is 10.6 Å². The first-order chi connectivity index (χ1) is 15.9. The van der Waals surface area contributed by atoms with Crippen LogP contribution in [0.1, 0.15) is 32.1 Å². The average molecular weight is 453 g/mol. The maximum Gasteiger partial charge on any atom is 0.283 e. The lowest BCUT2D eigenvalue weighted by Gasteiger charge is -2.46. The molecule has 2 aromatic rings. The van der Waals surface area contributed by atoms with Crippen molar-refractivity contribution in [3.63, 3.8) is 0 Å². The molecule has 0 saturated carbocycles. The fourth-order valence-corrected chi connectivity index (χ4v) is 5.21. The molecule has 2 N–H and O–H groups in total. The molecule has 0 aliphatic carbocycles. The molecule has 4 rings (SSSR count). The number of hydroxylamine groups is 6. The van der Waals surface area contributed by atoms with Gasteiger partial charge in [-0.15, -0.1) is 0 Å². The minimum Gasteiger partial charge on any atom is -0.632 e. The molecule has 2 aliphatic heterocycles. The minimum absolute atomic E-state index is 0.210. The molecule has 2 aliphatic rings. The third-order valence-electron chi connectivity index (χ3n) is 6.93. The second-order valence-electron chi connectivity index (χ2n) is 9.18. The van der Waals surface area contributed by atoms with E-state index in [1.807, 2.05) is 36.4 Å². The molecular formula is C25H32N4O4. The van der Waals surface area contributed by atoms with Gasteiger partial charge in [0.15, 0.2) is 12.1 Å². The van der Waals surface area contributed by atoms with Crippen LogP contribution in [0.3, 0.4) is 0 Å². The van der Waals surface area contributed by atoms with Crippen LogP contribution >= 0.6 is 0 Å². The van der Waals surface area contributed by atoms with Gasteiger partial charge in [0, 0.05) is 43.5 Å². The van der Waals surface area contributed by atoms with Gasteiger partial charge < -0.3 is 30.3 Å². The van der Waals surface area contributed by atoms with Gasteiger partial charge in [-0.3, -0.25) is 9.59 Å². The predicted octanol–water partition coefficient (Wildman–Crippen LogP) is 3.61. The molecule has 0 spiro atoms. The van der Waals surface area contributed by atoms with Crippen LogP contribution in [-0.2, 0) is 9.59 Å². The maximum atomic E-state index is 13.5. The molecule has 8 heteroatoms. The summed E-state index contributed by atoms with van der Waals surface area (Å²) in [5.74, 6) is -0.526. The maximum absolute atomic E-state index is 13.5. The van der Waals surface area contributed by atoms with Gasteiger partial charge >= 0.3 is 0 Å². The van der Waals surface area contributed by atoms with Crippen LogP contribution in [-0.4, -0.2) is 59.4 Å². The van der Waals surface area contributed by atoms with Crippen molar-refractivity contribution >= 4 is 23.2 Å². The molecule has 0 unspecified atom stereocenters. The molecular weight excluding hydrogens is 420 g/mol. The highest BCUT2D eigenvalue weighted by Gasteiger charge is 2.43. The number of nitrogens with zero attached hydrogens (tertiary/aromatic N) is 2. The molecule has 2 heterocycles. The summed E-state index contributed by atoms with van der Waals surface area (Å²) in [7, 11) is 0. The summed E-state index contributed by atoms with van der Waals surface area (Å²) in [5, 5.41) is 32.7. The standard InChI is InChI=1S/C25H32N4O4/c30-24(26-20-10-3-1-4-11-20)22-14-7-16-28(22,32)18-9-19-29(33)17-8-15-23(29)25(31)27-21-12-5-2-6-13-21/h1-6,10-13,22-23H,7-9,14-19H2,(H,26,30)(H,27,31)/t22-,23-,28+,29+/m0/s1. The molecule has 8 nitrogen and oxygen atoms in total. The van der Waals surface area contributed by atoms with Crippen LogP contribution in [0.25, 0.3) is 0 Å². The third kappa shape index (κ3) is 5.42. The molecule has 0 aromatic heterocycles. The van der Waals surface area contributed by atoms with Crippen LogP contribution in [0.5, 0.6) is 0 Å². The summed E-state index contributed by atoms with van der Waals surface area (Å²) in [6.45, 7) is 1.18. The summed E-state index contributed by atoms with van der Waals surface area (Å²) >= 11 is 0. The number of hydrogen-bond acceptors (Lipinski definition) is 4. The van der Waals surface area contributed by atoms with E-state index in [-0.39, 0.29) is 24.9 Å². The molecule has 2 amide bonds. The van der Waals surface area contributed by atoms with E-state index in [4.69, 9.17) is 0 Å². The molecule has 4 atom stereocenters. The fraction of sp³-hybridized carbons (Fsp3) is 0.440. The lowest BCUT2D eigenvalue weighted by molar-refractivity contribution is -0.902. The normalized spacial score (nSPS) is 29.0. The van der Waals surface area contributed by atoms with Gasteiger partial charge in [-0.2, -0.15) is 0 Å². The Morgan fingerprint density at radius 3 is 1.52 bits per heavy atom. The first kappa shape index (κ1) is 23.4. The van der Waals surface area contributed by atoms with E-state index < -0.39 is 21.4 Å². The monoisotopic (exact) mass is 452 g/mol. The van der Waals surface area contributed by atoms with Crippen LogP contribution in [0.4, 0.5) is 11.4 Å². The number of likely N-dealkylation sites (tertiary alicyclic amines) is 2. The highest BCUT2D eigenvalue weighted by atomic mass is 16.6. The second-order valence-corrected chi connectivity index (χ2v) is 9.18. The molecule has 2 saturated heterocycles. The lowest BCUT2D eigenvalue weighted by Crippen LogP contribution is -2.55. The zero-order valence-corrected chi connectivity index (χ0v) is 18.8. The van der Waals surface area contributed by atoms with Crippen molar-refractivity contribution in [2.24, 2.45) is 0 Å². The van der Waals surface area contributed by atoms with E-state index in [1.54, 1.807) is 24.3 Å². The largest absolute Gasteiger partial charge is 0.632 e. The Labute approximate surface area is 194 Å². The topological polar surface area (TPSA) is 104 Å².